The number of carbonyl (C=O) groups excluding carboxylic acids is 3. The molecule has 0 saturated carbocycles. The van der Waals surface area contributed by atoms with Crippen LogP contribution in [0.3, 0.4) is 0 Å². The topological polar surface area (TPSA) is 106 Å². The molecule has 0 aliphatic carbocycles. The van der Waals surface area contributed by atoms with E-state index in [1.54, 1.807) is 26.0 Å². The van der Waals surface area contributed by atoms with Crippen LogP contribution in [-0.4, -0.2) is 49.6 Å². The van der Waals surface area contributed by atoms with E-state index in [9.17, 15) is 14.4 Å². The third-order valence-corrected chi connectivity index (χ3v) is 5.01. The highest BCUT2D eigenvalue weighted by molar-refractivity contribution is 6.15. The molecule has 2 bridgehead atoms. The lowest BCUT2D eigenvalue weighted by atomic mass is 10.0. The van der Waals surface area contributed by atoms with Gasteiger partial charge in [0, 0.05) is 0 Å². The second-order valence-corrected chi connectivity index (χ2v) is 7.56. The molecule has 0 aromatic heterocycles. The van der Waals surface area contributed by atoms with E-state index < -0.39 is 35.9 Å². The first kappa shape index (κ1) is 23.7. The van der Waals surface area contributed by atoms with Gasteiger partial charge in [0.1, 0.15) is 30.5 Å². The Morgan fingerprint density at radius 3 is 2.47 bits per heavy atom. The molecule has 0 fully saturated rings. The monoisotopic (exact) mass is 437 g/mol. The predicted molar refractivity (Wildman–Crippen MR) is 113 cm³/mol. The highest BCUT2D eigenvalue weighted by Gasteiger charge is 2.30. The van der Waals surface area contributed by atoms with Crippen LogP contribution < -0.4 is 20.2 Å². The van der Waals surface area contributed by atoms with Crippen molar-refractivity contribution in [3.8, 4) is 5.75 Å². The number of methoxy groups -OCH3 is 1. The van der Waals surface area contributed by atoms with E-state index in [0.29, 0.717) is 18.8 Å². The van der Waals surface area contributed by atoms with Crippen molar-refractivity contribution in [2.75, 3.05) is 13.7 Å². The fraction of sp³-hybridized carbons (Fsp3) is 0.476. The molecule has 9 heteroatoms. The van der Waals surface area contributed by atoms with E-state index in [1.165, 1.54) is 7.11 Å². The largest absolute Gasteiger partial charge is 0.490 e. The van der Waals surface area contributed by atoms with Crippen LogP contribution in [0.1, 0.15) is 25.8 Å². The van der Waals surface area contributed by atoms with Crippen molar-refractivity contribution in [3.63, 3.8) is 0 Å². The lowest BCUT2D eigenvalue weighted by molar-refractivity contribution is -0.145. The quantitative estimate of drug-likeness (QED) is 0.376. The Morgan fingerprint density at radius 2 is 1.87 bits per heavy atom. The molecule has 8 nitrogen and oxygen atoms in total. The first-order valence-electron chi connectivity index (χ1n) is 9.77. The molecule has 0 unspecified atom stereocenters. The number of hydrogen-bond acceptors (Lipinski definition) is 6. The van der Waals surface area contributed by atoms with Gasteiger partial charge in [-0.25, -0.2) is 9.63 Å². The first-order valence-corrected chi connectivity index (χ1v) is 10.1. The van der Waals surface area contributed by atoms with Crippen LogP contribution in [-0.2, 0) is 25.5 Å². The average molecular weight is 438 g/mol. The van der Waals surface area contributed by atoms with Gasteiger partial charge in [-0.05, 0) is 48.2 Å². The zero-order valence-corrected chi connectivity index (χ0v) is 18.1. The Bertz CT molecular complexity index is 766. The van der Waals surface area contributed by atoms with Gasteiger partial charge in [0.05, 0.1) is 7.11 Å². The van der Waals surface area contributed by atoms with Crippen LogP contribution in [0.5, 0.6) is 5.75 Å². The number of fused-ring (bicyclic) bond motifs is 13. The maximum atomic E-state index is 12.8. The molecule has 0 spiro atoms. The average Bonchev–Trinajstić information content (AvgIpc) is 2.74. The van der Waals surface area contributed by atoms with E-state index in [-0.39, 0.29) is 12.3 Å². The minimum atomic E-state index is -0.881. The van der Waals surface area contributed by atoms with Crippen molar-refractivity contribution < 1.29 is 23.9 Å². The molecule has 3 N–H and O–H groups in total. The third-order valence-electron chi connectivity index (χ3n) is 4.75. The molecule has 3 rings (SSSR count). The number of benzene rings is 1. The Kier molecular flexibility index (Phi) is 9.14. The molecule has 2 aliphatic heterocycles. The van der Waals surface area contributed by atoms with Crippen LogP contribution in [0.15, 0.2) is 36.4 Å². The van der Waals surface area contributed by atoms with Crippen LogP contribution >= 0.6 is 11.8 Å². The highest BCUT2D eigenvalue weighted by Crippen LogP contribution is 2.15. The molecule has 3 atom stereocenters. The fourth-order valence-electron chi connectivity index (χ4n) is 2.99. The molecule has 164 valence electrons. The first-order chi connectivity index (χ1) is 14.3. The molecule has 0 saturated heterocycles. The van der Waals surface area contributed by atoms with Crippen molar-refractivity contribution in [3.05, 3.63) is 42.0 Å². The Balaban J connectivity index is 2.31. The lowest BCUT2D eigenvalue weighted by Crippen LogP contribution is -2.56. The highest BCUT2D eigenvalue weighted by atomic mass is 35.5. The summed E-state index contributed by atoms with van der Waals surface area (Å²) >= 11 is 5.81. The Labute approximate surface area is 181 Å². The van der Waals surface area contributed by atoms with Gasteiger partial charge in [-0.1, -0.05) is 38.1 Å². The fourth-order valence-corrected chi connectivity index (χ4v) is 3.17. The van der Waals surface area contributed by atoms with Crippen molar-refractivity contribution in [1.29, 1.82) is 0 Å². The number of esters is 1. The minimum Gasteiger partial charge on any atom is -0.490 e. The van der Waals surface area contributed by atoms with Gasteiger partial charge in [-0.15, -0.1) is 0 Å². The van der Waals surface area contributed by atoms with E-state index in [1.807, 2.05) is 24.3 Å². The summed E-state index contributed by atoms with van der Waals surface area (Å²) < 4.78 is 10.4. The van der Waals surface area contributed by atoms with Gasteiger partial charge in [0.15, 0.2) is 0 Å². The SMILES string of the molecule is COC(=O)[C@@H]1C/C=C\COc2ccc(cc2)C[C@H](NCl)C(=O)N[C@@H](C(C)C)C(=O)N1. The maximum Gasteiger partial charge on any atom is 0.328 e. The van der Waals surface area contributed by atoms with E-state index in [0.717, 1.165) is 5.56 Å². The third kappa shape index (κ3) is 6.74. The summed E-state index contributed by atoms with van der Waals surface area (Å²) in [6, 6.07) is 4.85. The second kappa shape index (κ2) is 11.6. The smallest absolute Gasteiger partial charge is 0.328 e. The second-order valence-electron chi connectivity index (χ2n) is 7.34. The van der Waals surface area contributed by atoms with Crippen molar-refractivity contribution in [2.24, 2.45) is 5.92 Å². The summed E-state index contributed by atoms with van der Waals surface area (Å²) in [7, 11) is 1.26. The predicted octanol–water partition coefficient (Wildman–Crippen LogP) is 1.48. The zero-order valence-electron chi connectivity index (χ0n) is 17.3. The number of amides is 2. The lowest BCUT2D eigenvalue weighted by Gasteiger charge is -2.26. The van der Waals surface area contributed by atoms with E-state index >= 15 is 0 Å². The van der Waals surface area contributed by atoms with Gasteiger partial charge < -0.3 is 20.1 Å². The molecular formula is C21H28ClN3O5. The van der Waals surface area contributed by atoms with Crippen LogP contribution in [0.4, 0.5) is 0 Å². The van der Waals surface area contributed by atoms with Crippen molar-refractivity contribution >= 4 is 29.6 Å². The number of rotatable bonds is 3. The molecule has 1 aromatic rings. The molecule has 2 heterocycles. The number of ether oxygens (including phenoxy) is 2. The summed E-state index contributed by atoms with van der Waals surface area (Å²) in [5, 5.41) is 5.40. The summed E-state index contributed by atoms with van der Waals surface area (Å²) in [5.41, 5.74) is 0.881. The Morgan fingerprint density at radius 1 is 1.17 bits per heavy atom. The summed E-state index contributed by atoms with van der Waals surface area (Å²) in [4.78, 5) is 40.2. The summed E-state index contributed by atoms with van der Waals surface area (Å²) in [6.07, 6.45) is 4.06. The molecule has 1 aromatic carbocycles. The number of nitrogens with one attached hydrogen (secondary N) is 3. The normalized spacial score (nSPS) is 24.4. The van der Waals surface area contributed by atoms with Gasteiger partial charge in [0.25, 0.3) is 0 Å². The van der Waals surface area contributed by atoms with Crippen LogP contribution in [0.2, 0.25) is 0 Å². The molecular weight excluding hydrogens is 410 g/mol. The molecule has 2 aliphatic rings. The van der Waals surface area contributed by atoms with Gasteiger partial charge in [-0.2, -0.15) is 0 Å². The number of carbonyl (C=O) groups is 3. The molecule has 2 amide bonds. The standard InChI is InChI=1S/C21H28ClN3O5/c1-13(2)18-20(27)23-16(21(28)29-3)6-4-5-11-30-15-9-7-14(8-10-15)12-17(25-22)19(26)24-18/h4-5,7-10,13,16-18,25H,6,11-12H2,1-3H3,(H,23,27)(H,24,26)/b5-4-/t16-,17-,18-/m0/s1. The zero-order chi connectivity index (χ0) is 22.1. The van der Waals surface area contributed by atoms with Gasteiger partial charge in [0.2, 0.25) is 11.8 Å². The van der Waals surface area contributed by atoms with Gasteiger partial charge >= 0.3 is 5.97 Å². The summed E-state index contributed by atoms with van der Waals surface area (Å²) in [6.45, 7) is 3.92. The van der Waals surface area contributed by atoms with E-state index in [4.69, 9.17) is 21.3 Å². The van der Waals surface area contributed by atoms with Crippen molar-refractivity contribution in [1.82, 2.24) is 15.5 Å². The van der Waals surface area contributed by atoms with Crippen molar-refractivity contribution in [2.45, 2.75) is 44.8 Å². The summed E-state index contributed by atoms with van der Waals surface area (Å²) in [5.74, 6) is -1.01. The van der Waals surface area contributed by atoms with Crippen LogP contribution in [0, 0.1) is 5.92 Å². The molecule has 30 heavy (non-hydrogen) atoms. The van der Waals surface area contributed by atoms with Crippen LogP contribution in [0.25, 0.3) is 0 Å². The minimum absolute atomic E-state index is 0.214. The van der Waals surface area contributed by atoms with Gasteiger partial charge in [-0.3, -0.25) is 9.59 Å². The number of hydrogen-bond donors (Lipinski definition) is 3. The van der Waals surface area contributed by atoms with E-state index in [2.05, 4.69) is 15.5 Å². The Hall–Kier alpha value is -2.58. The number of halogens is 1. The molecule has 0 radical (unpaired) electrons. The maximum absolute atomic E-state index is 12.8.